The van der Waals surface area contributed by atoms with Gasteiger partial charge >= 0.3 is 0 Å². The van der Waals surface area contributed by atoms with Crippen LogP contribution >= 0.6 is 0 Å². The summed E-state index contributed by atoms with van der Waals surface area (Å²) >= 11 is 0. The fourth-order valence-electron chi connectivity index (χ4n) is 9.41. The van der Waals surface area contributed by atoms with Gasteiger partial charge in [-0.2, -0.15) is 0 Å². The van der Waals surface area contributed by atoms with Crippen molar-refractivity contribution in [3.8, 4) is 62.1 Å². The second kappa shape index (κ2) is 12.7. The molecule has 5 heteroatoms. The molecule has 8 aromatic carbocycles. The summed E-state index contributed by atoms with van der Waals surface area (Å²) in [5.74, 6) is 1.80. The number of furan rings is 1. The van der Waals surface area contributed by atoms with Crippen LogP contribution in [0.25, 0.3) is 106 Å². The van der Waals surface area contributed by atoms with Crippen LogP contribution in [-0.4, -0.2) is 19.5 Å². The molecule has 0 saturated heterocycles. The summed E-state index contributed by atoms with van der Waals surface area (Å²) in [6, 6.07) is 64.1. The quantitative estimate of drug-likeness (QED) is 0.175. The van der Waals surface area contributed by atoms with Crippen LogP contribution in [0.2, 0.25) is 0 Å². The number of hydrogen-bond donors (Lipinski definition) is 0. The maximum absolute atomic E-state index is 6.29. The Balaban J connectivity index is 1.01. The summed E-state index contributed by atoms with van der Waals surface area (Å²) in [7, 11) is 0. The fraction of sp³-hybridized carbons (Fsp3) is 0.0556. The highest BCUT2D eigenvalue weighted by molar-refractivity contribution is 6.13. The summed E-state index contributed by atoms with van der Waals surface area (Å²) in [5, 5.41) is 4.66. The molecule has 0 bridgehead atoms. The lowest BCUT2D eigenvalue weighted by Gasteiger charge is -2.23. The van der Waals surface area contributed by atoms with Crippen molar-refractivity contribution in [1.29, 1.82) is 0 Å². The van der Waals surface area contributed by atoms with Gasteiger partial charge in [0.25, 0.3) is 0 Å². The molecule has 0 N–H and O–H groups in total. The van der Waals surface area contributed by atoms with E-state index in [4.69, 9.17) is 19.4 Å². The number of nitrogens with zero attached hydrogens (tertiary/aromatic N) is 4. The Hall–Kier alpha value is -7.63. The van der Waals surface area contributed by atoms with E-state index in [1.165, 1.54) is 44.1 Å². The Morgan fingerprint density at radius 1 is 0.424 bits per heavy atom. The fourth-order valence-corrected chi connectivity index (χ4v) is 9.41. The Kier molecular flexibility index (Phi) is 7.20. The summed E-state index contributed by atoms with van der Waals surface area (Å²) in [5.41, 5.74) is 15.3. The molecule has 0 amide bonds. The molecule has 5 nitrogen and oxygen atoms in total. The van der Waals surface area contributed by atoms with Crippen LogP contribution in [0.1, 0.15) is 25.0 Å². The zero-order valence-corrected chi connectivity index (χ0v) is 32.5. The molecule has 0 unspecified atom stereocenters. The van der Waals surface area contributed by atoms with Crippen molar-refractivity contribution >= 4 is 43.7 Å². The molecule has 3 heterocycles. The minimum Gasteiger partial charge on any atom is -0.456 e. The third-order valence-corrected chi connectivity index (χ3v) is 12.3. The van der Waals surface area contributed by atoms with Crippen LogP contribution in [0.4, 0.5) is 0 Å². The maximum atomic E-state index is 6.29. The first kappa shape index (κ1) is 33.5. The van der Waals surface area contributed by atoms with Gasteiger partial charge in [-0.3, -0.25) is 0 Å². The van der Waals surface area contributed by atoms with Crippen molar-refractivity contribution < 1.29 is 4.42 Å². The minimum absolute atomic E-state index is 0.167. The number of rotatable bonds is 5. The molecule has 0 saturated carbocycles. The van der Waals surface area contributed by atoms with Crippen LogP contribution in [0.5, 0.6) is 0 Å². The van der Waals surface area contributed by atoms with Crippen molar-refractivity contribution in [2.45, 2.75) is 19.3 Å². The van der Waals surface area contributed by atoms with Crippen LogP contribution in [-0.2, 0) is 5.41 Å². The predicted molar refractivity (Wildman–Crippen MR) is 241 cm³/mol. The van der Waals surface area contributed by atoms with Gasteiger partial charge in [-0.25, -0.2) is 15.0 Å². The van der Waals surface area contributed by atoms with Crippen LogP contribution in [0.15, 0.2) is 186 Å². The van der Waals surface area contributed by atoms with Gasteiger partial charge in [-0.1, -0.05) is 147 Å². The van der Waals surface area contributed by atoms with E-state index in [0.29, 0.717) is 17.5 Å². The number of para-hydroxylation sites is 2. The highest BCUT2D eigenvalue weighted by Gasteiger charge is 2.38. The maximum Gasteiger partial charge on any atom is 0.164 e. The van der Waals surface area contributed by atoms with Gasteiger partial charge in [0.05, 0.1) is 11.0 Å². The first-order chi connectivity index (χ1) is 29.0. The second-order valence-corrected chi connectivity index (χ2v) is 16.0. The van der Waals surface area contributed by atoms with Gasteiger partial charge in [0.15, 0.2) is 17.5 Å². The second-order valence-electron chi connectivity index (χ2n) is 16.0. The van der Waals surface area contributed by atoms with Gasteiger partial charge in [-0.05, 0) is 81.9 Å². The smallest absolute Gasteiger partial charge is 0.164 e. The van der Waals surface area contributed by atoms with E-state index in [9.17, 15) is 0 Å². The Labute approximate surface area is 340 Å². The Bertz CT molecular complexity index is 3450. The largest absolute Gasteiger partial charge is 0.456 e. The van der Waals surface area contributed by atoms with E-state index in [1.54, 1.807) is 0 Å². The molecule has 59 heavy (non-hydrogen) atoms. The highest BCUT2D eigenvalue weighted by atomic mass is 16.3. The SMILES string of the molecule is CC1(C)c2ccccc2-c2ccc3c4ccccc4n(-c4ccc(-c5nc(-c6ccc(-c7ccccc7)cc6)nc(-c6ccc7c(c6)oc6ccccc67)n5)cc4)c3c21. The molecule has 1 aliphatic rings. The van der Waals surface area contributed by atoms with Crippen LogP contribution in [0.3, 0.4) is 0 Å². The highest BCUT2D eigenvalue weighted by Crippen LogP contribution is 2.53. The zero-order chi connectivity index (χ0) is 39.2. The lowest BCUT2D eigenvalue weighted by molar-refractivity contribution is 0.664. The average Bonchev–Trinajstić information content (AvgIpc) is 3.91. The van der Waals surface area contributed by atoms with Gasteiger partial charge < -0.3 is 8.98 Å². The molecule has 0 fully saturated rings. The number of benzene rings is 8. The summed E-state index contributed by atoms with van der Waals surface area (Å²) in [4.78, 5) is 15.3. The van der Waals surface area contributed by atoms with Crippen LogP contribution < -0.4 is 0 Å². The lowest BCUT2D eigenvalue weighted by atomic mass is 9.81. The summed E-state index contributed by atoms with van der Waals surface area (Å²) in [6.45, 7) is 4.72. The average molecular weight is 757 g/mol. The molecule has 0 spiro atoms. The molecular weight excluding hydrogens is 721 g/mol. The first-order valence-electron chi connectivity index (χ1n) is 20.1. The van der Waals surface area contributed by atoms with Crippen molar-refractivity contribution in [3.05, 3.63) is 193 Å². The molecule has 0 atom stereocenters. The van der Waals surface area contributed by atoms with Gasteiger partial charge in [-0.15, -0.1) is 0 Å². The zero-order valence-electron chi connectivity index (χ0n) is 32.5. The Morgan fingerprint density at radius 2 is 0.983 bits per heavy atom. The Morgan fingerprint density at radius 3 is 1.76 bits per heavy atom. The molecule has 1 aliphatic carbocycles. The lowest BCUT2D eigenvalue weighted by Crippen LogP contribution is -2.16. The number of hydrogen-bond acceptors (Lipinski definition) is 4. The van der Waals surface area contributed by atoms with Crippen LogP contribution in [0, 0.1) is 0 Å². The van der Waals surface area contributed by atoms with E-state index in [1.807, 2.05) is 30.3 Å². The molecule has 3 aromatic heterocycles. The summed E-state index contributed by atoms with van der Waals surface area (Å²) in [6.07, 6.45) is 0. The molecule has 11 aromatic rings. The van der Waals surface area contributed by atoms with E-state index in [-0.39, 0.29) is 5.41 Å². The molecule has 12 rings (SSSR count). The number of fused-ring (bicyclic) bond motifs is 10. The predicted octanol–water partition coefficient (Wildman–Crippen LogP) is 13.8. The first-order valence-corrected chi connectivity index (χ1v) is 20.1. The van der Waals surface area contributed by atoms with E-state index < -0.39 is 0 Å². The van der Waals surface area contributed by atoms with Gasteiger partial charge in [0.1, 0.15) is 11.2 Å². The third-order valence-electron chi connectivity index (χ3n) is 12.3. The van der Waals surface area contributed by atoms with Crippen molar-refractivity contribution in [1.82, 2.24) is 19.5 Å². The van der Waals surface area contributed by atoms with E-state index in [0.717, 1.165) is 55.4 Å². The molecule has 0 aliphatic heterocycles. The minimum atomic E-state index is -0.167. The third kappa shape index (κ3) is 5.14. The normalized spacial score (nSPS) is 13.1. The van der Waals surface area contributed by atoms with Crippen molar-refractivity contribution in [2.24, 2.45) is 0 Å². The standard InChI is InChI=1S/C54H36N4O/c1-54(2)45-17-9-6-14-39(45)43-30-31-44-40-15-7-10-18-46(40)58(50(44)49(43)54)38-27-24-36(25-28-38)52-55-51(35-22-20-34(21-23-35)33-12-4-3-5-13-33)56-53(57-52)37-26-29-42-41-16-8-11-19-47(41)59-48(42)32-37/h3-32H,1-2H3. The van der Waals surface area contributed by atoms with E-state index in [2.05, 4.69) is 170 Å². The number of aromatic nitrogens is 4. The molecule has 0 radical (unpaired) electrons. The monoisotopic (exact) mass is 756 g/mol. The molecule has 278 valence electrons. The van der Waals surface area contributed by atoms with E-state index >= 15 is 0 Å². The molecular formula is C54H36N4O. The summed E-state index contributed by atoms with van der Waals surface area (Å²) < 4.78 is 8.74. The van der Waals surface area contributed by atoms with Crippen molar-refractivity contribution in [3.63, 3.8) is 0 Å². The topological polar surface area (TPSA) is 56.7 Å². The van der Waals surface area contributed by atoms with Gasteiger partial charge in [0.2, 0.25) is 0 Å². The van der Waals surface area contributed by atoms with Gasteiger partial charge in [0, 0.05) is 49.3 Å². The van der Waals surface area contributed by atoms with Crippen molar-refractivity contribution in [2.75, 3.05) is 0 Å².